The Bertz CT molecular complexity index is 584. The lowest BCUT2D eigenvalue weighted by Gasteiger charge is -2.22. The maximum absolute atomic E-state index is 12.1. The van der Waals surface area contributed by atoms with Crippen molar-refractivity contribution in [3.63, 3.8) is 0 Å². The Hall–Kier alpha value is -1.30. The van der Waals surface area contributed by atoms with Gasteiger partial charge in [0.15, 0.2) is 0 Å². The van der Waals surface area contributed by atoms with Crippen molar-refractivity contribution in [1.29, 1.82) is 0 Å². The SMILES string of the molecule is O=C(CNCc1cc(Cl)ccc1OCC1CCCO1)NC1CCCCC1. The molecule has 1 saturated carbocycles. The first-order chi connectivity index (χ1) is 12.7. The van der Waals surface area contributed by atoms with Gasteiger partial charge in [-0.2, -0.15) is 0 Å². The molecule has 0 aromatic heterocycles. The topological polar surface area (TPSA) is 59.6 Å². The van der Waals surface area contributed by atoms with Crippen LogP contribution in [0, 0.1) is 0 Å². The fraction of sp³-hybridized carbons (Fsp3) is 0.650. The molecule has 1 aliphatic carbocycles. The zero-order valence-corrected chi connectivity index (χ0v) is 16.0. The molecule has 2 N–H and O–H groups in total. The van der Waals surface area contributed by atoms with E-state index in [0.717, 1.165) is 43.6 Å². The molecule has 3 rings (SSSR count). The van der Waals surface area contributed by atoms with E-state index in [0.29, 0.717) is 30.8 Å². The number of amides is 1. The predicted molar refractivity (Wildman–Crippen MR) is 103 cm³/mol. The lowest BCUT2D eigenvalue weighted by atomic mass is 9.95. The first kappa shape index (κ1) is 19.5. The molecule has 1 aromatic carbocycles. The summed E-state index contributed by atoms with van der Waals surface area (Å²) < 4.78 is 11.5. The Kier molecular flexibility index (Phi) is 7.59. The van der Waals surface area contributed by atoms with Gasteiger partial charge in [0, 0.05) is 29.8 Å². The summed E-state index contributed by atoms with van der Waals surface area (Å²) >= 11 is 6.13. The van der Waals surface area contributed by atoms with Crippen molar-refractivity contribution in [3.05, 3.63) is 28.8 Å². The number of halogens is 1. The first-order valence-electron chi connectivity index (χ1n) is 9.73. The van der Waals surface area contributed by atoms with E-state index in [1.54, 1.807) is 0 Å². The van der Waals surface area contributed by atoms with Crippen molar-refractivity contribution in [2.75, 3.05) is 19.8 Å². The number of hydrogen-bond donors (Lipinski definition) is 2. The van der Waals surface area contributed by atoms with Gasteiger partial charge in [0.05, 0.1) is 12.6 Å². The summed E-state index contributed by atoms with van der Waals surface area (Å²) in [6.07, 6.45) is 8.23. The molecule has 6 heteroatoms. The Morgan fingerprint density at radius 2 is 2.04 bits per heavy atom. The minimum Gasteiger partial charge on any atom is -0.491 e. The Balaban J connectivity index is 1.45. The molecule has 1 aliphatic heterocycles. The highest BCUT2D eigenvalue weighted by Gasteiger charge is 2.17. The van der Waals surface area contributed by atoms with Crippen molar-refractivity contribution >= 4 is 17.5 Å². The van der Waals surface area contributed by atoms with Crippen LogP contribution in [-0.2, 0) is 16.1 Å². The number of benzene rings is 1. The summed E-state index contributed by atoms with van der Waals surface area (Å²) in [6, 6.07) is 5.94. The molecule has 26 heavy (non-hydrogen) atoms. The maximum atomic E-state index is 12.1. The van der Waals surface area contributed by atoms with Gasteiger partial charge < -0.3 is 20.1 Å². The van der Waals surface area contributed by atoms with Gasteiger partial charge in [-0.15, -0.1) is 0 Å². The molecule has 1 aromatic rings. The highest BCUT2D eigenvalue weighted by Crippen LogP contribution is 2.24. The molecule has 0 spiro atoms. The molecular weight excluding hydrogens is 352 g/mol. The second kappa shape index (κ2) is 10.1. The molecule has 1 atom stereocenters. The number of ether oxygens (including phenoxy) is 2. The molecular formula is C20H29ClN2O3. The monoisotopic (exact) mass is 380 g/mol. The van der Waals surface area contributed by atoms with E-state index in [-0.39, 0.29) is 12.0 Å². The van der Waals surface area contributed by atoms with Crippen LogP contribution in [0.15, 0.2) is 18.2 Å². The van der Waals surface area contributed by atoms with Crippen LogP contribution in [0.5, 0.6) is 5.75 Å². The highest BCUT2D eigenvalue weighted by atomic mass is 35.5. The quantitative estimate of drug-likeness (QED) is 0.725. The van der Waals surface area contributed by atoms with E-state index in [2.05, 4.69) is 10.6 Å². The number of carbonyl (C=O) groups is 1. The van der Waals surface area contributed by atoms with Crippen LogP contribution in [-0.4, -0.2) is 37.8 Å². The van der Waals surface area contributed by atoms with E-state index < -0.39 is 0 Å². The van der Waals surface area contributed by atoms with Crippen LogP contribution in [0.2, 0.25) is 5.02 Å². The van der Waals surface area contributed by atoms with Crippen LogP contribution in [0.25, 0.3) is 0 Å². The van der Waals surface area contributed by atoms with Crippen LogP contribution in [0.4, 0.5) is 0 Å². The second-order valence-corrected chi connectivity index (χ2v) is 7.64. The Morgan fingerprint density at radius 1 is 1.19 bits per heavy atom. The molecule has 1 saturated heterocycles. The lowest BCUT2D eigenvalue weighted by Crippen LogP contribution is -2.41. The molecule has 144 valence electrons. The average molecular weight is 381 g/mol. The largest absolute Gasteiger partial charge is 0.491 e. The minimum atomic E-state index is 0.0563. The predicted octanol–water partition coefficient (Wildman–Crippen LogP) is 3.44. The molecule has 0 radical (unpaired) electrons. The zero-order chi connectivity index (χ0) is 18.2. The number of rotatable bonds is 8. The third kappa shape index (κ3) is 6.15. The van der Waals surface area contributed by atoms with Gasteiger partial charge in [-0.3, -0.25) is 4.79 Å². The van der Waals surface area contributed by atoms with E-state index in [9.17, 15) is 4.79 Å². The normalized spacial score (nSPS) is 20.9. The number of nitrogens with one attached hydrogen (secondary N) is 2. The van der Waals surface area contributed by atoms with Crippen molar-refractivity contribution in [3.8, 4) is 5.75 Å². The van der Waals surface area contributed by atoms with E-state index in [1.165, 1.54) is 19.3 Å². The van der Waals surface area contributed by atoms with E-state index >= 15 is 0 Å². The van der Waals surface area contributed by atoms with E-state index in [4.69, 9.17) is 21.1 Å². The lowest BCUT2D eigenvalue weighted by molar-refractivity contribution is -0.121. The van der Waals surface area contributed by atoms with Crippen LogP contribution in [0.3, 0.4) is 0 Å². The third-order valence-corrected chi connectivity index (χ3v) is 5.28. The maximum Gasteiger partial charge on any atom is 0.234 e. The molecule has 2 fully saturated rings. The van der Waals surface area contributed by atoms with Crippen molar-refractivity contribution in [2.24, 2.45) is 0 Å². The van der Waals surface area contributed by atoms with Gasteiger partial charge in [0.2, 0.25) is 5.91 Å². The smallest absolute Gasteiger partial charge is 0.234 e. The van der Waals surface area contributed by atoms with Gasteiger partial charge >= 0.3 is 0 Å². The van der Waals surface area contributed by atoms with Gasteiger partial charge in [0.25, 0.3) is 0 Å². The fourth-order valence-corrected chi connectivity index (χ4v) is 3.82. The Morgan fingerprint density at radius 3 is 2.81 bits per heavy atom. The van der Waals surface area contributed by atoms with Gasteiger partial charge in [-0.1, -0.05) is 30.9 Å². The van der Waals surface area contributed by atoms with Crippen LogP contribution >= 0.6 is 11.6 Å². The summed E-state index contributed by atoms with van der Waals surface area (Å²) in [7, 11) is 0. The fourth-order valence-electron chi connectivity index (χ4n) is 3.62. The summed E-state index contributed by atoms with van der Waals surface area (Å²) in [5.41, 5.74) is 0.959. The number of carbonyl (C=O) groups excluding carboxylic acids is 1. The average Bonchev–Trinajstić information content (AvgIpc) is 3.15. The third-order valence-electron chi connectivity index (χ3n) is 5.04. The van der Waals surface area contributed by atoms with Gasteiger partial charge in [-0.05, 0) is 43.9 Å². The zero-order valence-electron chi connectivity index (χ0n) is 15.3. The molecule has 1 unspecified atom stereocenters. The first-order valence-corrected chi connectivity index (χ1v) is 10.1. The highest BCUT2D eigenvalue weighted by molar-refractivity contribution is 6.30. The van der Waals surface area contributed by atoms with E-state index in [1.807, 2.05) is 18.2 Å². The van der Waals surface area contributed by atoms with Crippen molar-refractivity contribution < 1.29 is 14.3 Å². The molecule has 0 bridgehead atoms. The van der Waals surface area contributed by atoms with Gasteiger partial charge in [-0.25, -0.2) is 0 Å². The second-order valence-electron chi connectivity index (χ2n) is 7.20. The molecule has 5 nitrogen and oxygen atoms in total. The Labute approximate surface area is 160 Å². The summed E-state index contributed by atoms with van der Waals surface area (Å²) in [5.74, 6) is 0.853. The van der Waals surface area contributed by atoms with Gasteiger partial charge in [0.1, 0.15) is 12.4 Å². The summed E-state index contributed by atoms with van der Waals surface area (Å²) in [5, 5.41) is 6.99. The van der Waals surface area contributed by atoms with Crippen molar-refractivity contribution in [2.45, 2.75) is 63.6 Å². The molecule has 1 heterocycles. The summed E-state index contributed by atoms with van der Waals surface area (Å²) in [4.78, 5) is 12.1. The number of hydrogen-bond acceptors (Lipinski definition) is 4. The van der Waals surface area contributed by atoms with Crippen LogP contribution in [0.1, 0.15) is 50.5 Å². The standard InChI is InChI=1S/C20H29ClN2O3/c21-16-8-9-19(26-14-18-7-4-10-25-18)15(11-16)12-22-13-20(24)23-17-5-2-1-3-6-17/h8-9,11,17-18,22H,1-7,10,12-14H2,(H,23,24). The van der Waals surface area contributed by atoms with Crippen molar-refractivity contribution in [1.82, 2.24) is 10.6 Å². The van der Waals surface area contributed by atoms with Crippen LogP contribution < -0.4 is 15.4 Å². The molecule has 1 amide bonds. The molecule has 2 aliphatic rings. The minimum absolute atomic E-state index is 0.0563. The summed E-state index contributed by atoms with van der Waals surface area (Å²) in [6.45, 7) is 2.21.